The van der Waals surface area contributed by atoms with E-state index in [1.54, 1.807) is 0 Å². The average Bonchev–Trinajstić information content (AvgIpc) is 3.26. The maximum absolute atomic E-state index is 3.38. The Morgan fingerprint density at radius 3 is 2.61 bits per heavy atom. The van der Waals surface area contributed by atoms with Crippen LogP contribution in [0.5, 0.6) is 0 Å². The van der Waals surface area contributed by atoms with Crippen LogP contribution in [0.3, 0.4) is 0 Å². The molecule has 0 N–H and O–H groups in total. The van der Waals surface area contributed by atoms with Crippen LogP contribution in [-0.2, 0) is 5.41 Å². The van der Waals surface area contributed by atoms with Crippen LogP contribution in [-0.4, -0.2) is 0 Å². The molecule has 0 spiro atoms. The molecule has 136 valence electrons. The number of hydrogen-bond acceptors (Lipinski definition) is 0. The van der Waals surface area contributed by atoms with Gasteiger partial charge >= 0.3 is 18.9 Å². The van der Waals surface area contributed by atoms with Crippen molar-refractivity contribution in [1.29, 1.82) is 0 Å². The van der Waals surface area contributed by atoms with Gasteiger partial charge in [0.2, 0.25) is 0 Å². The monoisotopic (exact) mass is 421 g/mol. The Morgan fingerprint density at radius 2 is 1.86 bits per heavy atom. The van der Waals surface area contributed by atoms with Gasteiger partial charge in [0.1, 0.15) is 0 Å². The zero-order valence-electron chi connectivity index (χ0n) is 17.0. The van der Waals surface area contributed by atoms with E-state index in [9.17, 15) is 0 Å². The Morgan fingerprint density at radius 1 is 1.07 bits per heavy atom. The number of fused-ring (bicyclic) bond motifs is 6. The first-order valence-corrected chi connectivity index (χ1v) is 10.3. The maximum Gasteiger partial charge on any atom is 1.00 e. The molecular weight excluding hydrogens is 399 g/mol. The Hall–Kier alpha value is -1.52. The van der Waals surface area contributed by atoms with Crippen molar-refractivity contribution >= 4 is 22.0 Å². The quantitative estimate of drug-likeness (QED) is 0.402. The van der Waals surface area contributed by atoms with Crippen LogP contribution < -0.4 is 18.9 Å². The van der Waals surface area contributed by atoms with E-state index in [2.05, 4.69) is 84.4 Å². The summed E-state index contributed by atoms with van der Waals surface area (Å²) < 4.78 is 1.10. The molecule has 0 saturated heterocycles. The summed E-state index contributed by atoms with van der Waals surface area (Å²) in [4.78, 5) is 0. The Labute approximate surface area is 189 Å². The summed E-state index contributed by atoms with van der Waals surface area (Å²) in [6.07, 6.45) is 4.02. The van der Waals surface area contributed by atoms with Crippen molar-refractivity contribution < 1.29 is 18.9 Å². The van der Waals surface area contributed by atoms with E-state index in [0.717, 1.165) is 16.0 Å². The SMILES string of the molecule is C/C=C\c1[c-]ccc(Br)c1.CC1C2c3cc[c-]cc3-c3ccccc3C12C.[Li+]. The molecule has 0 radical (unpaired) electrons. The van der Waals surface area contributed by atoms with E-state index < -0.39 is 0 Å². The molecule has 5 rings (SSSR count). The summed E-state index contributed by atoms with van der Waals surface area (Å²) in [7, 11) is 0. The van der Waals surface area contributed by atoms with Crippen LogP contribution in [0.15, 0.2) is 71.2 Å². The van der Waals surface area contributed by atoms with Crippen molar-refractivity contribution in [2.24, 2.45) is 5.92 Å². The minimum atomic E-state index is 0. The van der Waals surface area contributed by atoms with Crippen LogP contribution >= 0.6 is 15.9 Å². The molecule has 0 nitrogen and oxygen atoms in total. The Bertz CT molecular complexity index is 1010. The number of rotatable bonds is 1. The van der Waals surface area contributed by atoms with Crippen LogP contribution in [0.25, 0.3) is 17.2 Å². The van der Waals surface area contributed by atoms with E-state index in [1.807, 2.05) is 37.3 Å². The number of allylic oxidation sites excluding steroid dienone is 1. The first-order chi connectivity index (χ1) is 13.1. The summed E-state index contributed by atoms with van der Waals surface area (Å²) in [5.74, 6) is 1.47. The first-order valence-electron chi connectivity index (χ1n) is 9.47. The fourth-order valence-electron chi connectivity index (χ4n) is 4.60. The molecule has 28 heavy (non-hydrogen) atoms. The maximum atomic E-state index is 3.38. The fraction of sp³-hybridized carbons (Fsp3) is 0.231. The Balaban J connectivity index is 0.000000178. The van der Waals surface area contributed by atoms with Gasteiger partial charge < -0.3 is 0 Å². The predicted octanol–water partition coefficient (Wildman–Crippen LogP) is 4.44. The van der Waals surface area contributed by atoms with E-state index >= 15 is 0 Å². The van der Waals surface area contributed by atoms with Crippen molar-refractivity contribution in [1.82, 2.24) is 0 Å². The number of halogens is 1. The van der Waals surface area contributed by atoms with Crippen LogP contribution in [0.1, 0.15) is 43.4 Å². The van der Waals surface area contributed by atoms with Crippen molar-refractivity contribution in [2.75, 3.05) is 0 Å². The van der Waals surface area contributed by atoms with Crippen LogP contribution in [0.2, 0.25) is 0 Å². The van der Waals surface area contributed by atoms with Gasteiger partial charge in [0.15, 0.2) is 0 Å². The standard InChI is InChI=1S/C17H15.C9H8Br.Li/c1-11-16-14-9-4-3-7-12(14)13-8-5-6-10-15(13)17(11,16)2;1-2-4-8-5-3-6-9(10)7-8;/h4-11,16H,1-2H3;2-4,6-7H,1H3;/q2*-1;+1/b;4-2-;. The number of benzene rings is 3. The molecule has 1 fully saturated rings. The van der Waals surface area contributed by atoms with Crippen molar-refractivity contribution in [3.63, 3.8) is 0 Å². The van der Waals surface area contributed by atoms with Gasteiger partial charge in [0, 0.05) is 5.41 Å². The molecule has 0 bridgehead atoms. The van der Waals surface area contributed by atoms with Gasteiger partial charge in [-0.3, -0.25) is 0 Å². The second kappa shape index (κ2) is 8.46. The first kappa shape index (κ1) is 21.2. The van der Waals surface area contributed by atoms with Crippen LogP contribution in [0.4, 0.5) is 0 Å². The molecule has 1 saturated carbocycles. The predicted molar refractivity (Wildman–Crippen MR) is 118 cm³/mol. The van der Waals surface area contributed by atoms with Crippen molar-refractivity contribution in [2.45, 2.75) is 32.1 Å². The Kier molecular flexibility index (Phi) is 6.40. The summed E-state index contributed by atoms with van der Waals surface area (Å²) in [6, 6.07) is 27.6. The minimum absolute atomic E-state index is 0. The van der Waals surface area contributed by atoms with Gasteiger partial charge in [-0.25, -0.2) is 0 Å². The molecule has 3 unspecified atom stereocenters. The average molecular weight is 422 g/mol. The van der Waals surface area contributed by atoms with Gasteiger partial charge in [-0.15, -0.1) is 53.1 Å². The third-order valence-corrected chi connectivity index (χ3v) is 6.64. The van der Waals surface area contributed by atoms with Crippen molar-refractivity contribution in [3.8, 4) is 11.1 Å². The third kappa shape index (κ3) is 3.57. The molecule has 0 aromatic heterocycles. The molecule has 0 amide bonds. The van der Waals surface area contributed by atoms with Crippen molar-refractivity contribution in [3.05, 3.63) is 100 Å². The molecular formula is C26H23BrLi-. The zero-order chi connectivity index (χ0) is 19.0. The van der Waals surface area contributed by atoms with Gasteiger partial charge in [0.25, 0.3) is 0 Å². The fourth-order valence-corrected chi connectivity index (χ4v) is 4.98. The van der Waals surface area contributed by atoms with E-state index in [4.69, 9.17) is 0 Å². The number of hydrogen-bond donors (Lipinski definition) is 0. The molecule has 0 heterocycles. The zero-order valence-corrected chi connectivity index (χ0v) is 18.5. The normalized spacial score (nSPS) is 23.4. The van der Waals surface area contributed by atoms with Gasteiger partial charge in [-0.2, -0.15) is 24.3 Å². The molecule has 2 aliphatic carbocycles. The van der Waals surface area contributed by atoms with Gasteiger partial charge in [-0.05, 0) is 17.4 Å². The second-order valence-corrected chi connectivity index (χ2v) is 8.49. The summed E-state index contributed by atoms with van der Waals surface area (Å²) in [5, 5.41) is 0. The molecule has 2 aliphatic rings. The topological polar surface area (TPSA) is 0 Å². The largest absolute Gasteiger partial charge is 1.00 e. The van der Waals surface area contributed by atoms with E-state index in [1.165, 1.54) is 22.3 Å². The second-order valence-electron chi connectivity index (χ2n) is 7.57. The van der Waals surface area contributed by atoms with Crippen LogP contribution in [0, 0.1) is 18.1 Å². The molecule has 3 aromatic rings. The van der Waals surface area contributed by atoms with Gasteiger partial charge in [0.05, 0.1) is 0 Å². The molecule has 3 atom stereocenters. The van der Waals surface area contributed by atoms with Gasteiger partial charge in [-0.1, -0.05) is 71.0 Å². The summed E-state index contributed by atoms with van der Waals surface area (Å²) >= 11 is 3.38. The minimum Gasteiger partial charge on any atom is -0.183 e. The summed E-state index contributed by atoms with van der Waals surface area (Å²) in [6.45, 7) is 6.79. The molecule has 2 heteroatoms. The third-order valence-electron chi connectivity index (χ3n) is 6.15. The molecule has 0 aliphatic heterocycles. The van der Waals surface area contributed by atoms with E-state index in [0.29, 0.717) is 11.3 Å². The smallest absolute Gasteiger partial charge is 0.183 e. The van der Waals surface area contributed by atoms with E-state index in [-0.39, 0.29) is 18.9 Å². The summed E-state index contributed by atoms with van der Waals surface area (Å²) in [5.41, 5.74) is 7.35. The molecule has 3 aromatic carbocycles.